The Hall–Kier alpha value is -5.98. The minimum atomic E-state index is -1.18. The maximum absolute atomic E-state index is 14.6. The smallest absolute Gasteiger partial charge is 0.414 e. The molecule has 4 aliphatic rings. The fourth-order valence-corrected chi connectivity index (χ4v) is 5.53. The number of carbonyl (C=O) groups is 6. The van der Waals surface area contributed by atoms with Gasteiger partial charge in [0.2, 0.25) is 0 Å². The summed E-state index contributed by atoms with van der Waals surface area (Å²) in [6.45, 7) is 2.06. The molecule has 2 fully saturated rings. The molecule has 19 heteroatoms. The molecule has 0 unspecified atom stereocenters. The van der Waals surface area contributed by atoms with Gasteiger partial charge in [0.15, 0.2) is 34.8 Å². The number of methoxy groups -OCH3 is 2. The number of hydrogen-bond acceptors (Lipinski definition) is 13. The van der Waals surface area contributed by atoms with Crippen molar-refractivity contribution in [2.75, 3.05) is 66.5 Å². The van der Waals surface area contributed by atoms with E-state index in [4.69, 9.17) is 15.2 Å². The van der Waals surface area contributed by atoms with Gasteiger partial charge in [-0.15, -0.1) is 0 Å². The fraction of sp³-hybridized carbons (Fsp3) is 0.389. The maximum Gasteiger partial charge on any atom is 0.414 e. The minimum absolute atomic E-state index is 0.00362. The SMILES string of the molecule is COC(=O)CC[C@H]1CN(c2ccc(N3C=CC(=O)CC3)c(F)c2F)C(=O)O1.COC(C)=O.NC[C@H]1CN(c2ccc(N3C=CC(=O)CC3)c(F)c2F)C(=O)O1. The largest absolute Gasteiger partial charge is 0.469 e. The Morgan fingerprint density at radius 1 is 0.709 bits per heavy atom. The first kappa shape index (κ1) is 41.8. The van der Waals surface area contributed by atoms with Crippen LogP contribution in [0.4, 0.5) is 49.9 Å². The Bertz CT molecular complexity index is 1880. The van der Waals surface area contributed by atoms with Crippen LogP contribution in [-0.2, 0) is 38.1 Å². The molecule has 2 aromatic carbocycles. The van der Waals surface area contributed by atoms with Crippen molar-refractivity contribution in [3.05, 3.63) is 72.1 Å². The number of anilines is 4. The first-order valence-corrected chi connectivity index (χ1v) is 16.9. The molecule has 4 aliphatic heterocycles. The van der Waals surface area contributed by atoms with Gasteiger partial charge in [-0.25, -0.2) is 27.2 Å². The number of amides is 2. The molecule has 2 atom stereocenters. The molecule has 2 aromatic rings. The second-order valence-electron chi connectivity index (χ2n) is 12.2. The van der Waals surface area contributed by atoms with E-state index in [2.05, 4.69) is 9.47 Å². The highest BCUT2D eigenvalue weighted by atomic mass is 19.2. The topological polar surface area (TPSA) is 178 Å². The molecule has 0 radical (unpaired) electrons. The average Bonchev–Trinajstić information content (AvgIpc) is 3.75. The van der Waals surface area contributed by atoms with Gasteiger partial charge in [0.25, 0.3) is 0 Å². The van der Waals surface area contributed by atoms with Crippen LogP contribution >= 0.6 is 0 Å². The predicted octanol–water partition coefficient (Wildman–Crippen LogP) is 4.26. The summed E-state index contributed by atoms with van der Waals surface area (Å²) in [5.74, 6) is -5.34. The predicted molar refractivity (Wildman–Crippen MR) is 188 cm³/mol. The Balaban J connectivity index is 0.000000220. The van der Waals surface area contributed by atoms with Crippen LogP contribution in [0.2, 0.25) is 0 Å². The van der Waals surface area contributed by atoms with Crippen LogP contribution in [0.25, 0.3) is 0 Å². The molecule has 6 rings (SSSR count). The zero-order chi connectivity index (χ0) is 40.4. The van der Waals surface area contributed by atoms with Gasteiger partial charge in [0.1, 0.15) is 12.2 Å². The Labute approximate surface area is 312 Å². The van der Waals surface area contributed by atoms with Gasteiger partial charge in [-0.1, -0.05) is 0 Å². The summed E-state index contributed by atoms with van der Waals surface area (Å²) in [6, 6.07) is 5.33. The molecule has 2 N–H and O–H groups in total. The summed E-state index contributed by atoms with van der Waals surface area (Å²) >= 11 is 0. The van der Waals surface area contributed by atoms with Crippen molar-refractivity contribution in [1.82, 2.24) is 0 Å². The van der Waals surface area contributed by atoms with Gasteiger partial charge in [-0.2, -0.15) is 0 Å². The van der Waals surface area contributed by atoms with Crippen LogP contribution in [0.15, 0.2) is 48.8 Å². The second-order valence-corrected chi connectivity index (χ2v) is 12.2. The molecule has 0 bridgehead atoms. The first-order valence-electron chi connectivity index (χ1n) is 16.9. The van der Waals surface area contributed by atoms with Crippen molar-refractivity contribution < 1.29 is 65.3 Å². The molecule has 2 amide bonds. The van der Waals surface area contributed by atoms with Crippen molar-refractivity contribution in [3.8, 4) is 0 Å². The first-order chi connectivity index (χ1) is 26.2. The van der Waals surface area contributed by atoms with E-state index in [0.29, 0.717) is 0 Å². The van der Waals surface area contributed by atoms with E-state index in [0.717, 1.165) is 9.80 Å². The second kappa shape index (κ2) is 18.9. The number of nitrogens with zero attached hydrogens (tertiary/aromatic N) is 4. The molecule has 296 valence electrons. The molecule has 0 saturated carbocycles. The molecule has 4 heterocycles. The van der Waals surface area contributed by atoms with E-state index >= 15 is 0 Å². The third kappa shape index (κ3) is 10.4. The van der Waals surface area contributed by atoms with Crippen LogP contribution < -0.4 is 25.3 Å². The highest BCUT2D eigenvalue weighted by Gasteiger charge is 2.36. The van der Waals surface area contributed by atoms with Gasteiger partial charge in [0.05, 0.1) is 50.1 Å². The van der Waals surface area contributed by atoms with Gasteiger partial charge in [-0.3, -0.25) is 29.0 Å². The van der Waals surface area contributed by atoms with E-state index < -0.39 is 53.6 Å². The number of ether oxygens (including phenoxy) is 4. The quantitative estimate of drug-likeness (QED) is 0.229. The average molecular weight is 778 g/mol. The van der Waals surface area contributed by atoms with Crippen LogP contribution in [-0.4, -0.2) is 94.8 Å². The molecule has 0 aliphatic carbocycles. The van der Waals surface area contributed by atoms with Crippen molar-refractivity contribution in [2.45, 2.75) is 44.8 Å². The molecular formula is C36H39F4N5O10. The van der Waals surface area contributed by atoms with E-state index in [-0.39, 0.29) is 98.7 Å². The summed E-state index contributed by atoms with van der Waals surface area (Å²) in [5, 5.41) is 0. The van der Waals surface area contributed by atoms with Gasteiger partial charge < -0.3 is 34.5 Å². The normalized spacial score (nSPS) is 19.0. The number of cyclic esters (lactones) is 2. The zero-order valence-electron chi connectivity index (χ0n) is 30.1. The van der Waals surface area contributed by atoms with Crippen molar-refractivity contribution in [2.24, 2.45) is 5.73 Å². The van der Waals surface area contributed by atoms with Gasteiger partial charge in [0, 0.05) is 58.2 Å². The third-order valence-electron chi connectivity index (χ3n) is 8.56. The third-order valence-corrected chi connectivity index (χ3v) is 8.56. The lowest BCUT2D eigenvalue weighted by Gasteiger charge is -2.24. The number of esters is 2. The number of halogens is 4. The number of carbonyl (C=O) groups excluding carboxylic acids is 6. The molecule has 0 spiro atoms. The molecule has 2 saturated heterocycles. The van der Waals surface area contributed by atoms with Gasteiger partial charge in [-0.05, 0) is 42.8 Å². The highest BCUT2D eigenvalue weighted by molar-refractivity contribution is 5.93. The number of ketones is 2. The number of allylic oxidation sites excluding steroid dienone is 2. The van der Waals surface area contributed by atoms with Crippen molar-refractivity contribution >= 4 is 58.4 Å². The highest BCUT2D eigenvalue weighted by Crippen LogP contribution is 2.34. The molecule has 15 nitrogen and oxygen atoms in total. The number of nitrogens with two attached hydrogens (primary N) is 1. The molecule has 0 aromatic heterocycles. The van der Waals surface area contributed by atoms with E-state index in [9.17, 15) is 46.3 Å². The lowest BCUT2D eigenvalue weighted by atomic mass is 10.1. The lowest BCUT2D eigenvalue weighted by Crippen LogP contribution is -2.29. The Morgan fingerprint density at radius 3 is 1.47 bits per heavy atom. The summed E-state index contributed by atoms with van der Waals surface area (Å²) in [4.78, 5) is 71.8. The van der Waals surface area contributed by atoms with Crippen molar-refractivity contribution in [1.29, 1.82) is 0 Å². The van der Waals surface area contributed by atoms with Crippen LogP contribution in [0.5, 0.6) is 0 Å². The van der Waals surface area contributed by atoms with Crippen LogP contribution in [0, 0.1) is 23.3 Å². The van der Waals surface area contributed by atoms with E-state index in [1.807, 2.05) is 0 Å². The Morgan fingerprint density at radius 2 is 1.11 bits per heavy atom. The summed E-state index contributed by atoms with van der Waals surface area (Å²) in [6.07, 6.45) is 3.44. The van der Waals surface area contributed by atoms with Crippen molar-refractivity contribution in [3.63, 3.8) is 0 Å². The number of hydrogen-bond donors (Lipinski definition) is 1. The Kier molecular flexibility index (Phi) is 14.3. The zero-order valence-corrected chi connectivity index (χ0v) is 30.1. The van der Waals surface area contributed by atoms with Gasteiger partial charge >= 0.3 is 24.1 Å². The summed E-state index contributed by atoms with van der Waals surface area (Å²) in [7, 11) is 2.60. The molecular weight excluding hydrogens is 738 g/mol. The minimum Gasteiger partial charge on any atom is -0.469 e. The summed E-state index contributed by atoms with van der Waals surface area (Å²) in [5.41, 5.74) is 4.99. The molecule has 55 heavy (non-hydrogen) atoms. The summed E-state index contributed by atoms with van der Waals surface area (Å²) < 4.78 is 76.6. The van der Waals surface area contributed by atoms with Crippen LogP contribution in [0.1, 0.15) is 32.6 Å². The monoisotopic (exact) mass is 777 g/mol. The fourth-order valence-electron chi connectivity index (χ4n) is 5.53. The van der Waals surface area contributed by atoms with Crippen LogP contribution in [0.3, 0.4) is 0 Å². The number of benzene rings is 2. The number of rotatable bonds is 8. The lowest BCUT2D eigenvalue weighted by molar-refractivity contribution is -0.141. The standard InChI is InChI=1S/C18H18F2N2O5.C15H15F2N3O3.C3H6O2/c1-26-15(24)5-2-12-10-22(18(25)27-12)14-4-3-13(16(19)17(14)20)21-8-6-11(23)7-9-21;16-13-11(19-5-3-9(21)4-6-19)1-2-12(14(13)17)20-8-10(7-18)23-15(20)22;1-3(4)5-2/h3-4,6,8,12H,2,5,7,9-10H2,1H3;1-3,5,10H,4,6-8,18H2;1-2H3/t12-;10-;/m00./s1. The van der Waals surface area contributed by atoms with E-state index in [1.165, 1.54) is 79.8 Å². The van der Waals surface area contributed by atoms with E-state index in [1.54, 1.807) is 0 Å². The maximum atomic E-state index is 14.6.